The highest BCUT2D eigenvalue weighted by Gasteiger charge is 2.49. The Bertz CT molecular complexity index is 1310. The second-order valence-corrected chi connectivity index (χ2v) is 17.7. The Labute approximate surface area is 228 Å². The lowest BCUT2D eigenvalue weighted by molar-refractivity contribution is -0.142. The van der Waals surface area contributed by atoms with Crippen molar-refractivity contribution in [1.82, 2.24) is 8.95 Å². The fourth-order valence-electron chi connectivity index (χ4n) is 5.86. The largest absolute Gasteiger partial charge is 0.511 e. The van der Waals surface area contributed by atoms with Gasteiger partial charge in [-0.3, -0.25) is 4.79 Å². The molecule has 0 fully saturated rings. The van der Waals surface area contributed by atoms with Gasteiger partial charge in [-0.2, -0.15) is 17.9 Å². The molecule has 2 rings (SSSR count). The van der Waals surface area contributed by atoms with E-state index in [1.54, 1.807) is 6.07 Å². The van der Waals surface area contributed by atoms with Crippen molar-refractivity contribution in [3.05, 3.63) is 41.6 Å². The van der Waals surface area contributed by atoms with E-state index in [1.807, 2.05) is 18.3 Å². The van der Waals surface area contributed by atoms with Crippen molar-refractivity contribution in [2.45, 2.75) is 76.1 Å². The molecule has 0 amide bonds. The molecule has 0 saturated heterocycles. The molecule has 0 aliphatic carbocycles. The summed E-state index contributed by atoms with van der Waals surface area (Å²) in [5.74, 6) is -1.76. The Balaban J connectivity index is 2.93. The van der Waals surface area contributed by atoms with Crippen molar-refractivity contribution in [3.8, 4) is 0 Å². The zero-order chi connectivity index (χ0) is 29.9. The Kier molecular flexibility index (Phi) is 10.2. The van der Waals surface area contributed by atoms with E-state index in [1.165, 1.54) is 24.0 Å². The molecule has 2 aromatic rings. The molecule has 1 heterocycles. The minimum Gasteiger partial charge on any atom is -0.468 e. The maximum atomic E-state index is 13.2. The first kappa shape index (κ1) is 32.6. The molecule has 1 aromatic carbocycles. The minimum atomic E-state index is -5.85. The van der Waals surface area contributed by atoms with Crippen LogP contribution in [-0.2, 0) is 35.5 Å². The number of nitrogens with one attached hydrogen (secondary N) is 1. The number of esters is 2. The molecule has 39 heavy (non-hydrogen) atoms. The average molecular weight is 591 g/mol. The van der Waals surface area contributed by atoms with Gasteiger partial charge in [-0.25, -0.2) is 13.2 Å². The van der Waals surface area contributed by atoms with E-state index in [0.717, 1.165) is 12.6 Å². The van der Waals surface area contributed by atoms with Gasteiger partial charge in [-0.05, 0) is 46.1 Å². The summed E-state index contributed by atoms with van der Waals surface area (Å²) in [6.45, 7) is 12.9. The van der Waals surface area contributed by atoms with Gasteiger partial charge in [0.15, 0.2) is 8.24 Å². The van der Waals surface area contributed by atoms with Gasteiger partial charge in [0, 0.05) is 23.4 Å². The number of halogens is 3. The second-order valence-electron chi connectivity index (χ2n) is 10.3. The average Bonchev–Trinajstić information content (AvgIpc) is 3.19. The minimum absolute atomic E-state index is 0.246. The fourth-order valence-corrected chi connectivity index (χ4v) is 13.2. The van der Waals surface area contributed by atoms with Crippen LogP contribution in [0.4, 0.5) is 13.2 Å². The molecule has 0 spiro atoms. The Morgan fingerprint density at radius 2 is 1.59 bits per heavy atom. The summed E-state index contributed by atoms with van der Waals surface area (Å²) < 4.78 is 76.5. The van der Waals surface area contributed by atoms with Crippen molar-refractivity contribution >= 4 is 47.2 Å². The molecule has 1 atom stereocenters. The lowest BCUT2D eigenvalue weighted by atomic mass is 10.0. The number of alkyl halides is 3. The Morgan fingerprint density at radius 1 is 1.03 bits per heavy atom. The molecule has 0 radical (unpaired) electrons. The third-order valence-corrected chi connectivity index (χ3v) is 15.2. The van der Waals surface area contributed by atoms with Gasteiger partial charge in [-0.15, -0.1) is 0 Å². The van der Waals surface area contributed by atoms with Gasteiger partial charge in [0.2, 0.25) is 0 Å². The molecule has 218 valence electrons. The number of nitrogens with zero attached hydrogens (tertiary/aromatic N) is 1. The van der Waals surface area contributed by atoms with Crippen LogP contribution in [-0.4, -0.2) is 58.6 Å². The molecule has 1 N–H and O–H groups in total. The van der Waals surface area contributed by atoms with E-state index in [4.69, 9.17) is 4.74 Å². The molecule has 8 nitrogen and oxygen atoms in total. The summed E-state index contributed by atoms with van der Waals surface area (Å²) in [5, 5.41) is 0.594. The normalized spacial score (nSPS) is 14.1. The summed E-state index contributed by atoms with van der Waals surface area (Å²) >= 11 is 0. The molecule has 0 saturated carbocycles. The van der Waals surface area contributed by atoms with Crippen molar-refractivity contribution in [2.24, 2.45) is 0 Å². The van der Waals surface area contributed by atoms with Crippen LogP contribution in [0.5, 0.6) is 0 Å². The zero-order valence-corrected chi connectivity index (χ0v) is 25.2. The number of benzene rings is 1. The lowest BCUT2D eigenvalue weighted by Gasteiger charge is -2.44. The van der Waals surface area contributed by atoms with Gasteiger partial charge >= 0.3 is 27.5 Å². The molecule has 0 aliphatic heterocycles. The maximum Gasteiger partial charge on any atom is 0.511 e. The standard InChI is InChI=1S/C26H37F3N2O6SSi/c1-16(2)39(17(3)4,18(5)6)31-15-20(14-21(25(33)37-8)30-38(34,35)26(27,28)29)24-19(10-9-11-22(24)31)12-13-23(32)36-7/h9-13,15-18,21,30H,14H2,1-8H3/b13-12+/t21-/m0/s1. The van der Waals surface area contributed by atoms with Crippen molar-refractivity contribution in [1.29, 1.82) is 0 Å². The molecule has 0 aliphatic rings. The van der Waals surface area contributed by atoms with Crippen LogP contribution in [0, 0.1) is 0 Å². The van der Waals surface area contributed by atoms with E-state index in [2.05, 4.69) is 50.5 Å². The van der Waals surface area contributed by atoms with Crippen molar-refractivity contribution in [2.75, 3.05) is 14.2 Å². The van der Waals surface area contributed by atoms with Crippen LogP contribution in [0.2, 0.25) is 16.6 Å². The van der Waals surface area contributed by atoms with Gasteiger partial charge in [0.05, 0.1) is 14.2 Å². The number of carbonyl (C=O) groups is 2. The van der Waals surface area contributed by atoms with E-state index in [-0.39, 0.29) is 16.6 Å². The lowest BCUT2D eigenvalue weighted by Crippen LogP contribution is -2.51. The van der Waals surface area contributed by atoms with Crippen LogP contribution in [0.3, 0.4) is 0 Å². The molecule has 0 unspecified atom stereocenters. The molecule has 0 bridgehead atoms. The summed E-state index contributed by atoms with van der Waals surface area (Å²) in [5.41, 5.74) is -3.10. The number of aromatic nitrogens is 1. The fraction of sp³-hybridized carbons (Fsp3) is 0.538. The predicted octanol–water partition coefficient (Wildman–Crippen LogP) is 5.37. The third kappa shape index (κ3) is 6.41. The SMILES string of the molecule is COC(=O)/C=C/c1cccc2c1c(C[C@H](NS(=O)(=O)C(F)(F)F)C(=O)OC)cn2[Si](C(C)C)(C(C)C)C(C)C. The van der Waals surface area contributed by atoms with E-state index < -0.39 is 48.2 Å². The number of fused-ring (bicyclic) bond motifs is 1. The van der Waals surface area contributed by atoms with Crippen LogP contribution in [0.1, 0.15) is 52.7 Å². The highest BCUT2D eigenvalue weighted by Crippen LogP contribution is 2.45. The predicted molar refractivity (Wildman–Crippen MR) is 147 cm³/mol. The molecule has 1 aromatic heterocycles. The monoisotopic (exact) mass is 590 g/mol. The van der Waals surface area contributed by atoms with Crippen LogP contribution >= 0.6 is 0 Å². The first-order valence-corrected chi connectivity index (χ1v) is 16.2. The van der Waals surface area contributed by atoms with Crippen molar-refractivity contribution < 1.29 is 40.7 Å². The number of carbonyl (C=O) groups excluding carboxylic acids is 2. The number of hydrogen-bond acceptors (Lipinski definition) is 6. The van der Waals surface area contributed by atoms with Gasteiger partial charge in [0.1, 0.15) is 6.04 Å². The van der Waals surface area contributed by atoms with E-state index in [9.17, 15) is 31.2 Å². The first-order chi connectivity index (χ1) is 17.9. The van der Waals surface area contributed by atoms with Gasteiger partial charge in [-0.1, -0.05) is 53.7 Å². The molecular weight excluding hydrogens is 553 g/mol. The Morgan fingerprint density at radius 3 is 2.05 bits per heavy atom. The molecule has 13 heteroatoms. The highest BCUT2D eigenvalue weighted by molar-refractivity contribution is 7.90. The third-order valence-electron chi connectivity index (χ3n) is 7.24. The topological polar surface area (TPSA) is 104 Å². The number of methoxy groups -OCH3 is 2. The molecular formula is C26H37F3N2O6SSi. The van der Waals surface area contributed by atoms with Crippen LogP contribution in [0.15, 0.2) is 30.5 Å². The second kappa shape index (κ2) is 12.3. The Hall–Kier alpha value is -2.64. The maximum absolute atomic E-state index is 13.2. The number of hydrogen-bond donors (Lipinski definition) is 1. The summed E-state index contributed by atoms with van der Waals surface area (Å²) in [6.07, 6.45) is 4.16. The van der Waals surface area contributed by atoms with E-state index in [0.29, 0.717) is 16.5 Å². The van der Waals surface area contributed by atoms with Crippen LogP contribution in [0.25, 0.3) is 17.0 Å². The van der Waals surface area contributed by atoms with E-state index >= 15 is 0 Å². The zero-order valence-electron chi connectivity index (χ0n) is 23.4. The number of ether oxygens (including phenoxy) is 2. The quantitative estimate of drug-likeness (QED) is 0.214. The number of sulfonamides is 1. The summed E-state index contributed by atoms with van der Waals surface area (Å²) in [4.78, 5) is 24.4. The van der Waals surface area contributed by atoms with Gasteiger partial charge < -0.3 is 13.7 Å². The summed E-state index contributed by atoms with van der Waals surface area (Å²) in [7, 11) is -6.06. The van der Waals surface area contributed by atoms with Crippen LogP contribution < -0.4 is 4.72 Å². The summed E-state index contributed by atoms with van der Waals surface area (Å²) in [6, 6.07) is 3.58. The number of rotatable bonds is 11. The first-order valence-electron chi connectivity index (χ1n) is 12.5. The van der Waals surface area contributed by atoms with Gasteiger partial charge in [0.25, 0.3) is 0 Å². The highest BCUT2D eigenvalue weighted by atomic mass is 32.2. The smallest absolute Gasteiger partial charge is 0.468 e. The van der Waals surface area contributed by atoms with Crippen molar-refractivity contribution in [3.63, 3.8) is 0 Å².